The predicted molar refractivity (Wildman–Crippen MR) is 63.1 cm³/mol. The van der Waals surface area contributed by atoms with Crippen LogP contribution in [0.2, 0.25) is 0 Å². The van der Waals surface area contributed by atoms with E-state index in [0.717, 1.165) is 5.69 Å². The molecule has 1 saturated heterocycles. The number of benzene rings is 1. The van der Waals surface area contributed by atoms with E-state index in [1.54, 1.807) is 24.3 Å². The molecule has 0 bridgehead atoms. The van der Waals surface area contributed by atoms with Gasteiger partial charge in [-0.15, -0.1) is 0 Å². The normalized spacial score (nSPS) is 18.6. The van der Waals surface area contributed by atoms with Crippen LogP contribution in [0, 0.1) is 0 Å². The summed E-state index contributed by atoms with van der Waals surface area (Å²) in [5.74, 6) is 5.01. The fraction of sp³-hybridized carbons (Fsp3) is 0.273. The first-order chi connectivity index (χ1) is 8.19. The van der Waals surface area contributed by atoms with Gasteiger partial charge in [-0.2, -0.15) is 0 Å². The molecule has 0 aromatic heterocycles. The minimum absolute atomic E-state index is 0.0296. The minimum atomic E-state index is -0.185. The second-order valence-corrected chi connectivity index (χ2v) is 3.90. The predicted octanol–water partition coefficient (Wildman–Crippen LogP) is -0.410. The number of anilines is 1. The van der Waals surface area contributed by atoms with Gasteiger partial charge in [-0.1, -0.05) is 0 Å². The molecule has 0 aliphatic carbocycles. The Morgan fingerprint density at radius 2 is 2.06 bits per heavy atom. The number of nitrogens with two attached hydrogens (primary N) is 1. The van der Waals surface area contributed by atoms with Gasteiger partial charge in [0.15, 0.2) is 0 Å². The van der Waals surface area contributed by atoms with Gasteiger partial charge in [0.1, 0.15) is 0 Å². The number of hydrogen-bond donors (Lipinski definition) is 4. The number of carbonyl (C=O) groups excluding carboxylic acids is 2. The fourth-order valence-corrected chi connectivity index (χ4v) is 1.69. The van der Waals surface area contributed by atoms with E-state index in [2.05, 4.69) is 16.1 Å². The smallest absolute Gasteiger partial charge is 0.251 e. The molecule has 1 aliphatic rings. The highest BCUT2D eigenvalue weighted by molar-refractivity contribution is 5.95. The topological polar surface area (TPSA) is 96.2 Å². The molecule has 2 rings (SSSR count). The highest BCUT2D eigenvalue weighted by Gasteiger charge is 2.23. The van der Waals surface area contributed by atoms with Gasteiger partial charge >= 0.3 is 0 Å². The molecule has 0 saturated carbocycles. The van der Waals surface area contributed by atoms with Crippen molar-refractivity contribution in [3.05, 3.63) is 29.8 Å². The second-order valence-electron chi connectivity index (χ2n) is 3.90. The van der Waals surface area contributed by atoms with Gasteiger partial charge < -0.3 is 16.1 Å². The van der Waals surface area contributed by atoms with E-state index in [1.807, 2.05) is 0 Å². The first-order valence-electron chi connectivity index (χ1n) is 5.33. The molecule has 0 radical (unpaired) electrons. The van der Waals surface area contributed by atoms with Crippen LogP contribution in [0.4, 0.5) is 5.69 Å². The number of carbonyl (C=O) groups is 2. The molecule has 1 atom stereocenters. The summed E-state index contributed by atoms with van der Waals surface area (Å²) in [5.41, 5.74) is 3.77. The largest absolute Gasteiger partial charge is 0.354 e. The van der Waals surface area contributed by atoms with Gasteiger partial charge in [0.05, 0.1) is 6.04 Å². The number of nitrogen functional groups attached to an aromatic ring is 1. The van der Waals surface area contributed by atoms with Crippen molar-refractivity contribution in [3.8, 4) is 0 Å². The first-order valence-corrected chi connectivity index (χ1v) is 5.33. The molecule has 6 heteroatoms. The number of hydrogen-bond acceptors (Lipinski definition) is 4. The monoisotopic (exact) mass is 234 g/mol. The lowest BCUT2D eigenvalue weighted by Crippen LogP contribution is -2.36. The Morgan fingerprint density at radius 3 is 2.59 bits per heavy atom. The molecule has 1 heterocycles. The maximum Gasteiger partial charge on any atom is 0.251 e. The molecule has 90 valence electrons. The number of hydrazine groups is 1. The Kier molecular flexibility index (Phi) is 3.24. The first kappa shape index (κ1) is 11.4. The molecular weight excluding hydrogens is 220 g/mol. The third kappa shape index (κ3) is 2.73. The zero-order valence-corrected chi connectivity index (χ0v) is 9.19. The van der Waals surface area contributed by atoms with Crippen LogP contribution < -0.4 is 21.9 Å². The van der Waals surface area contributed by atoms with E-state index in [1.165, 1.54) is 0 Å². The summed E-state index contributed by atoms with van der Waals surface area (Å²) in [6.07, 6.45) is 0.341. The van der Waals surface area contributed by atoms with Gasteiger partial charge in [-0.05, 0) is 24.3 Å². The maximum absolute atomic E-state index is 11.8. The summed E-state index contributed by atoms with van der Waals surface area (Å²) < 4.78 is 0. The van der Waals surface area contributed by atoms with Crippen LogP contribution in [-0.4, -0.2) is 24.4 Å². The Balaban J connectivity index is 1.97. The Bertz CT molecular complexity index is 430. The van der Waals surface area contributed by atoms with E-state index >= 15 is 0 Å². The van der Waals surface area contributed by atoms with Crippen molar-refractivity contribution in [3.63, 3.8) is 0 Å². The van der Waals surface area contributed by atoms with Crippen LogP contribution in [0.5, 0.6) is 0 Å². The van der Waals surface area contributed by atoms with Gasteiger partial charge in [-0.3, -0.25) is 15.4 Å². The summed E-state index contributed by atoms with van der Waals surface area (Å²) in [6.45, 7) is 0.493. The van der Waals surface area contributed by atoms with E-state index in [0.29, 0.717) is 18.5 Å². The fourth-order valence-electron chi connectivity index (χ4n) is 1.69. The van der Waals surface area contributed by atoms with Crippen molar-refractivity contribution >= 4 is 17.5 Å². The summed E-state index contributed by atoms with van der Waals surface area (Å²) in [6, 6.07) is 6.66. The Morgan fingerprint density at radius 1 is 1.35 bits per heavy atom. The number of amides is 2. The van der Waals surface area contributed by atoms with Crippen molar-refractivity contribution in [2.75, 3.05) is 12.0 Å². The van der Waals surface area contributed by atoms with Gasteiger partial charge in [0.2, 0.25) is 5.91 Å². The van der Waals surface area contributed by atoms with Crippen molar-refractivity contribution < 1.29 is 9.59 Å². The lowest BCUT2D eigenvalue weighted by molar-refractivity contribution is -0.119. The average Bonchev–Trinajstić information content (AvgIpc) is 2.75. The molecule has 1 aliphatic heterocycles. The van der Waals surface area contributed by atoms with Gasteiger partial charge in [0, 0.05) is 24.2 Å². The van der Waals surface area contributed by atoms with E-state index < -0.39 is 0 Å². The maximum atomic E-state index is 11.8. The SMILES string of the molecule is NNc1ccc(C(=O)NC2CNC(=O)C2)cc1. The third-order valence-corrected chi connectivity index (χ3v) is 2.63. The highest BCUT2D eigenvalue weighted by atomic mass is 16.2. The molecule has 1 fully saturated rings. The molecular formula is C11H14N4O2. The van der Waals surface area contributed by atoms with Crippen LogP contribution >= 0.6 is 0 Å². The van der Waals surface area contributed by atoms with E-state index in [4.69, 9.17) is 5.84 Å². The molecule has 17 heavy (non-hydrogen) atoms. The molecule has 1 aromatic carbocycles. The average molecular weight is 234 g/mol. The molecule has 0 spiro atoms. The standard InChI is InChI=1S/C11H14N4O2/c12-15-8-3-1-7(2-4-8)11(17)14-9-5-10(16)13-6-9/h1-4,9,15H,5-6,12H2,(H,13,16)(H,14,17). The van der Waals surface area contributed by atoms with Crippen molar-refractivity contribution in [2.24, 2.45) is 5.84 Å². The van der Waals surface area contributed by atoms with E-state index in [9.17, 15) is 9.59 Å². The zero-order chi connectivity index (χ0) is 12.3. The summed E-state index contributed by atoms with van der Waals surface area (Å²) >= 11 is 0. The molecule has 5 N–H and O–H groups in total. The van der Waals surface area contributed by atoms with E-state index in [-0.39, 0.29) is 17.9 Å². The molecule has 2 amide bonds. The zero-order valence-electron chi connectivity index (χ0n) is 9.19. The van der Waals surface area contributed by atoms with Crippen molar-refractivity contribution in [2.45, 2.75) is 12.5 Å². The van der Waals surface area contributed by atoms with Crippen molar-refractivity contribution in [1.29, 1.82) is 0 Å². The molecule has 1 unspecified atom stereocenters. The van der Waals surface area contributed by atoms with Crippen LogP contribution in [0.1, 0.15) is 16.8 Å². The second kappa shape index (κ2) is 4.84. The summed E-state index contributed by atoms with van der Waals surface area (Å²) in [7, 11) is 0. The van der Waals surface area contributed by atoms with Crippen LogP contribution in [0.25, 0.3) is 0 Å². The third-order valence-electron chi connectivity index (χ3n) is 2.63. The summed E-state index contributed by atoms with van der Waals surface area (Å²) in [5, 5.41) is 5.45. The van der Waals surface area contributed by atoms with Crippen molar-refractivity contribution in [1.82, 2.24) is 10.6 Å². The van der Waals surface area contributed by atoms with Gasteiger partial charge in [-0.25, -0.2) is 0 Å². The minimum Gasteiger partial charge on any atom is -0.354 e. The van der Waals surface area contributed by atoms with Crippen LogP contribution in [-0.2, 0) is 4.79 Å². The quantitative estimate of drug-likeness (QED) is 0.422. The number of rotatable bonds is 3. The lowest BCUT2D eigenvalue weighted by Gasteiger charge is -2.10. The summed E-state index contributed by atoms with van der Waals surface area (Å²) in [4.78, 5) is 22.8. The lowest BCUT2D eigenvalue weighted by atomic mass is 10.1. The molecule has 6 nitrogen and oxygen atoms in total. The highest BCUT2D eigenvalue weighted by Crippen LogP contribution is 2.09. The number of nitrogens with one attached hydrogen (secondary N) is 3. The Hall–Kier alpha value is -2.08. The van der Waals surface area contributed by atoms with Crippen LogP contribution in [0.15, 0.2) is 24.3 Å². The van der Waals surface area contributed by atoms with Gasteiger partial charge in [0.25, 0.3) is 5.91 Å². The Labute approximate surface area is 98.5 Å². The molecule has 1 aromatic rings. The van der Waals surface area contributed by atoms with Crippen LogP contribution in [0.3, 0.4) is 0 Å².